The first-order chi connectivity index (χ1) is 14.8. The van der Waals surface area contributed by atoms with Gasteiger partial charge in [-0.25, -0.2) is 4.79 Å². The fourth-order valence-electron chi connectivity index (χ4n) is 2.51. The first-order valence-electron chi connectivity index (χ1n) is 10.0. The third-order valence-corrected chi connectivity index (χ3v) is 4.29. The van der Waals surface area contributed by atoms with Crippen molar-refractivity contribution in [3.63, 3.8) is 0 Å². The van der Waals surface area contributed by atoms with E-state index < -0.39 is 54.3 Å². The van der Waals surface area contributed by atoms with E-state index in [1.165, 1.54) is 0 Å². The van der Waals surface area contributed by atoms with Crippen LogP contribution < -0.4 is 38.9 Å². The molecule has 0 saturated heterocycles. The molecule has 0 aliphatic heterocycles. The zero-order valence-corrected chi connectivity index (χ0v) is 18.3. The molecule has 0 aliphatic rings. The average Bonchev–Trinajstić information content (AvgIpc) is 2.69. The maximum absolute atomic E-state index is 12.4. The largest absolute Gasteiger partial charge is 0.480 e. The van der Waals surface area contributed by atoms with Crippen molar-refractivity contribution in [2.75, 3.05) is 13.1 Å². The van der Waals surface area contributed by atoms with Crippen LogP contribution in [0.3, 0.4) is 0 Å². The Morgan fingerprint density at radius 3 is 2.09 bits per heavy atom. The Bertz CT molecular complexity index is 708. The lowest BCUT2D eigenvalue weighted by molar-refractivity contribution is -0.142. The second kappa shape index (κ2) is 14.6. The van der Waals surface area contributed by atoms with Gasteiger partial charge in [-0.1, -0.05) is 13.8 Å². The van der Waals surface area contributed by atoms with Crippen LogP contribution in [0.15, 0.2) is 4.99 Å². The van der Waals surface area contributed by atoms with Gasteiger partial charge in [-0.15, -0.1) is 0 Å². The molecule has 4 amide bonds. The predicted molar refractivity (Wildman–Crippen MR) is 116 cm³/mol. The molecule has 14 heteroatoms. The number of rotatable bonds is 15. The number of carbonyl (C=O) groups is 5. The number of aliphatic carboxylic acids is 1. The zero-order chi connectivity index (χ0) is 24.8. The predicted octanol–water partition coefficient (Wildman–Crippen LogP) is -3.54. The minimum absolute atomic E-state index is 0.0638. The van der Waals surface area contributed by atoms with Gasteiger partial charge in [0.2, 0.25) is 23.6 Å². The first kappa shape index (κ1) is 28.6. The van der Waals surface area contributed by atoms with Crippen molar-refractivity contribution in [1.29, 1.82) is 0 Å². The molecule has 0 rings (SSSR count). The van der Waals surface area contributed by atoms with E-state index in [1.54, 1.807) is 13.8 Å². The standard InChI is InChI=1S/C18H34N8O6/c1-9(2)14(26-15(29)10(19)4-3-7-23-18(21)22)16(30)24-8-13(28)25-11(17(31)32)5-6-12(20)27/h9-11,14H,3-8,19H2,1-2H3,(H2,20,27)(H,24,30)(H,25,28)(H,26,29)(H,31,32)(H4,21,22,23). The third-order valence-electron chi connectivity index (χ3n) is 4.29. The van der Waals surface area contributed by atoms with Crippen LogP contribution in [0.4, 0.5) is 0 Å². The Balaban J connectivity index is 4.71. The van der Waals surface area contributed by atoms with Crippen molar-refractivity contribution >= 4 is 35.6 Å². The smallest absolute Gasteiger partial charge is 0.326 e. The summed E-state index contributed by atoms with van der Waals surface area (Å²) in [6, 6.07) is -3.18. The highest BCUT2D eigenvalue weighted by Crippen LogP contribution is 2.04. The molecule has 0 aromatic heterocycles. The van der Waals surface area contributed by atoms with Crippen molar-refractivity contribution in [3.8, 4) is 0 Å². The second-order valence-electron chi connectivity index (χ2n) is 7.47. The van der Waals surface area contributed by atoms with Crippen LogP contribution >= 0.6 is 0 Å². The summed E-state index contributed by atoms with van der Waals surface area (Å²) in [5, 5.41) is 16.2. The first-order valence-corrected chi connectivity index (χ1v) is 10.0. The topological polar surface area (TPSA) is 258 Å². The number of carbonyl (C=O) groups excluding carboxylic acids is 4. The molecule has 12 N–H and O–H groups in total. The van der Waals surface area contributed by atoms with Crippen molar-refractivity contribution in [3.05, 3.63) is 0 Å². The minimum atomic E-state index is -1.34. The summed E-state index contributed by atoms with van der Waals surface area (Å²) in [6.07, 6.45) is 0.346. The van der Waals surface area contributed by atoms with E-state index in [9.17, 15) is 24.0 Å². The Labute approximate surface area is 185 Å². The van der Waals surface area contributed by atoms with Crippen LogP contribution in [0.1, 0.15) is 39.5 Å². The summed E-state index contributed by atoms with van der Waals surface area (Å²) in [4.78, 5) is 62.5. The summed E-state index contributed by atoms with van der Waals surface area (Å²) < 4.78 is 0. The number of amides is 4. The molecule has 0 fully saturated rings. The van der Waals surface area contributed by atoms with Gasteiger partial charge in [-0.3, -0.25) is 24.2 Å². The van der Waals surface area contributed by atoms with Crippen LogP contribution in [0.2, 0.25) is 0 Å². The summed E-state index contributed by atoms with van der Waals surface area (Å²) in [5.74, 6) is -4.40. The number of aliphatic imine (C=N–C) groups is 1. The van der Waals surface area contributed by atoms with Gasteiger partial charge in [0, 0.05) is 13.0 Å². The summed E-state index contributed by atoms with van der Waals surface area (Å²) in [6.45, 7) is 3.17. The normalized spacial score (nSPS) is 13.4. The van der Waals surface area contributed by atoms with E-state index in [0.717, 1.165) is 0 Å². The highest BCUT2D eigenvalue weighted by Gasteiger charge is 2.27. The molecule has 0 radical (unpaired) electrons. The quantitative estimate of drug-likeness (QED) is 0.0685. The fourth-order valence-corrected chi connectivity index (χ4v) is 2.51. The lowest BCUT2D eigenvalue weighted by Crippen LogP contribution is -2.55. The Kier molecular flexibility index (Phi) is 13.0. The number of nitrogens with two attached hydrogens (primary N) is 4. The maximum Gasteiger partial charge on any atom is 0.326 e. The minimum Gasteiger partial charge on any atom is -0.480 e. The number of guanidine groups is 1. The number of primary amides is 1. The molecular weight excluding hydrogens is 424 g/mol. The zero-order valence-electron chi connectivity index (χ0n) is 18.3. The number of hydrogen-bond acceptors (Lipinski definition) is 7. The SMILES string of the molecule is CC(C)C(NC(=O)C(N)CCCN=C(N)N)C(=O)NCC(=O)NC(CCC(N)=O)C(=O)O. The molecule has 0 bridgehead atoms. The molecule has 0 saturated carbocycles. The van der Waals surface area contributed by atoms with Gasteiger partial charge < -0.3 is 44.0 Å². The molecule has 32 heavy (non-hydrogen) atoms. The molecule has 14 nitrogen and oxygen atoms in total. The van der Waals surface area contributed by atoms with Gasteiger partial charge in [0.15, 0.2) is 5.96 Å². The van der Waals surface area contributed by atoms with Gasteiger partial charge in [0.1, 0.15) is 12.1 Å². The van der Waals surface area contributed by atoms with E-state index in [1.807, 2.05) is 0 Å². The van der Waals surface area contributed by atoms with Crippen molar-refractivity contribution in [2.45, 2.75) is 57.7 Å². The fraction of sp³-hybridized carbons (Fsp3) is 0.667. The van der Waals surface area contributed by atoms with E-state index in [2.05, 4.69) is 20.9 Å². The van der Waals surface area contributed by atoms with Gasteiger partial charge in [-0.2, -0.15) is 0 Å². The number of hydrogen-bond donors (Lipinski definition) is 8. The van der Waals surface area contributed by atoms with Crippen LogP contribution in [-0.4, -0.2) is 71.9 Å². The lowest BCUT2D eigenvalue weighted by Gasteiger charge is -2.23. The number of carboxylic acid groups (broad SMARTS) is 1. The molecule has 3 atom stereocenters. The van der Waals surface area contributed by atoms with E-state index >= 15 is 0 Å². The molecule has 0 heterocycles. The van der Waals surface area contributed by atoms with Crippen LogP contribution in [0, 0.1) is 5.92 Å². The van der Waals surface area contributed by atoms with Crippen LogP contribution in [0.5, 0.6) is 0 Å². The molecule has 182 valence electrons. The Hall–Kier alpha value is -3.42. The van der Waals surface area contributed by atoms with Gasteiger partial charge >= 0.3 is 5.97 Å². The van der Waals surface area contributed by atoms with Crippen LogP contribution in [-0.2, 0) is 24.0 Å². The van der Waals surface area contributed by atoms with Gasteiger partial charge in [0.05, 0.1) is 12.6 Å². The van der Waals surface area contributed by atoms with E-state index in [-0.39, 0.29) is 24.7 Å². The average molecular weight is 459 g/mol. The molecule has 0 aliphatic carbocycles. The molecule has 0 aromatic rings. The van der Waals surface area contributed by atoms with E-state index in [0.29, 0.717) is 19.4 Å². The Morgan fingerprint density at radius 2 is 1.59 bits per heavy atom. The molecule has 0 spiro atoms. The number of nitrogens with zero attached hydrogens (tertiary/aromatic N) is 1. The third kappa shape index (κ3) is 12.3. The van der Waals surface area contributed by atoms with Crippen molar-refractivity contribution in [2.24, 2.45) is 33.8 Å². The highest BCUT2D eigenvalue weighted by molar-refractivity contribution is 5.92. The number of nitrogens with one attached hydrogen (secondary N) is 3. The maximum atomic E-state index is 12.4. The monoisotopic (exact) mass is 458 g/mol. The summed E-state index contributed by atoms with van der Waals surface area (Å²) in [7, 11) is 0. The molecule has 3 unspecified atom stereocenters. The highest BCUT2D eigenvalue weighted by atomic mass is 16.4. The summed E-state index contributed by atoms with van der Waals surface area (Å²) >= 11 is 0. The lowest BCUT2D eigenvalue weighted by atomic mass is 10.0. The summed E-state index contributed by atoms with van der Waals surface area (Å²) in [5.41, 5.74) is 21.2. The Morgan fingerprint density at radius 1 is 0.969 bits per heavy atom. The van der Waals surface area contributed by atoms with Crippen LogP contribution in [0.25, 0.3) is 0 Å². The second-order valence-corrected chi connectivity index (χ2v) is 7.47. The molecule has 0 aromatic carbocycles. The van der Waals surface area contributed by atoms with Gasteiger partial charge in [-0.05, 0) is 25.2 Å². The van der Waals surface area contributed by atoms with Crippen molar-refractivity contribution < 1.29 is 29.1 Å². The van der Waals surface area contributed by atoms with Gasteiger partial charge in [0.25, 0.3) is 0 Å². The van der Waals surface area contributed by atoms with E-state index in [4.69, 9.17) is 28.0 Å². The molecular formula is C18H34N8O6. The number of carboxylic acids is 1. The van der Waals surface area contributed by atoms with Crippen molar-refractivity contribution in [1.82, 2.24) is 16.0 Å².